The number of carbonyl (C=O) groups excluding carboxylic acids is 2. The number of carbonyl (C=O) groups is 2. The number of halogens is 1. The third kappa shape index (κ3) is 6.46. The van der Waals surface area contributed by atoms with Crippen molar-refractivity contribution in [2.75, 3.05) is 18.6 Å². The van der Waals surface area contributed by atoms with Gasteiger partial charge in [-0.15, -0.1) is 11.8 Å². The van der Waals surface area contributed by atoms with E-state index in [-0.39, 0.29) is 16.7 Å². The largest absolute Gasteiger partial charge is 0.343 e. The summed E-state index contributed by atoms with van der Waals surface area (Å²) >= 11 is 7.01. The van der Waals surface area contributed by atoms with E-state index < -0.39 is 27.2 Å². The van der Waals surface area contributed by atoms with Crippen molar-refractivity contribution >= 4 is 50.8 Å². The van der Waals surface area contributed by atoms with Crippen molar-refractivity contribution < 1.29 is 18.0 Å². The van der Waals surface area contributed by atoms with Gasteiger partial charge in [0.25, 0.3) is 0 Å². The fourth-order valence-corrected chi connectivity index (χ4v) is 7.01. The fourth-order valence-electron chi connectivity index (χ4n) is 4.17. The quantitative estimate of drug-likeness (QED) is 0.502. The van der Waals surface area contributed by atoms with E-state index >= 15 is 0 Å². The van der Waals surface area contributed by atoms with E-state index in [1.54, 1.807) is 19.2 Å². The molecule has 2 aliphatic rings. The monoisotopic (exact) mass is 500 g/mol. The third-order valence-electron chi connectivity index (χ3n) is 5.84. The Morgan fingerprint density at radius 2 is 1.97 bits per heavy atom. The minimum absolute atomic E-state index is 0.184. The average Bonchev–Trinajstić information content (AvgIpc) is 3.20. The molecule has 2 heterocycles. The molecule has 1 fully saturated rings. The number of aromatic nitrogens is 1. The number of likely N-dealkylation sites (N-methyl/N-ethyl adjacent to an activating group) is 1. The van der Waals surface area contributed by atoms with Crippen molar-refractivity contribution in [1.29, 1.82) is 0 Å². The molecule has 3 N–H and O–H groups in total. The van der Waals surface area contributed by atoms with Gasteiger partial charge in [-0.1, -0.05) is 43.7 Å². The molecule has 2 amide bonds. The van der Waals surface area contributed by atoms with Crippen molar-refractivity contribution in [1.82, 2.24) is 15.6 Å². The van der Waals surface area contributed by atoms with E-state index in [0.29, 0.717) is 23.2 Å². The van der Waals surface area contributed by atoms with Gasteiger partial charge in [0, 0.05) is 12.5 Å². The SMILES string of the molecule is CNC1C(S(C)(=O)=O)=CSC1C(=O)NC(CC1CCCCC1)C(=O)Nc1ccc(Cl)cn1. The first-order valence-electron chi connectivity index (χ1n) is 10.6. The van der Waals surface area contributed by atoms with Crippen molar-refractivity contribution in [2.45, 2.75) is 55.9 Å². The highest BCUT2D eigenvalue weighted by Gasteiger charge is 2.40. The number of rotatable bonds is 8. The van der Waals surface area contributed by atoms with Crippen LogP contribution in [-0.4, -0.2) is 55.9 Å². The first-order chi connectivity index (χ1) is 15.2. The van der Waals surface area contributed by atoms with E-state index in [1.807, 2.05) is 0 Å². The Labute approximate surface area is 198 Å². The molecule has 1 aromatic rings. The molecule has 11 heteroatoms. The standard InChI is InChI=1S/C21H29ClN4O4S2/c1-23-18-16(32(2,29)30)12-31-19(18)21(28)25-15(10-13-6-4-3-5-7-13)20(27)26-17-9-8-14(22)11-24-17/h8-9,11-13,15,18-19,23H,3-7,10H2,1-2H3,(H,25,28)(H,24,26,27). The number of anilines is 1. The average molecular weight is 501 g/mol. The van der Waals surface area contributed by atoms with Crippen LogP contribution in [0.4, 0.5) is 5.82 Å². The summed E-state index contributed by atoms with van der Waals surface area (Å²) < 4.78 is 24.1. The Kier molecular flexibility index (Phi) is 8.60. The van der Waals surface area contributed by atoms with E-state index in [4.69, 9.17) is 11.6 Å². The predicted molar refractivity (Wildman–Crippen MR) is 128 cm³/mol. The predicted octanol–water partition coefficient (Wildman–Crippen LogP) is 2.72. The van der Waals surface area contributed by atoms with Crippen LogP contribution in [0, 0.1) is 5.92 Å². The molecule has 1 saturated carbocycles. The topological polar surface area (TPSA) is 117 Å². The second kappa shape index (κ2) is 11.0. The number of nitrogens with one attached hydrogen (secondary N) is 3. The second-order valence-electron chi connectivity index (χ2n) is 8.27. The van der Waals surface area contributed by atoms with Gasteiger partial charge in [0.05, 0.1) is 16.0 Å². The summed E-state index contributed by atoms with van der Waals surface area (Å²) in [7, 11) is -1.82. The zero-order valence-electron chi connectivity index (χ0n) is 18.1. The molecular formula is C21H29ClN4O4S2. The Balaban J connectivity index is 1.73. The Morgan fingerprint density at radius 1 is 1.25 bits per heavy atom. The van der Waals surface area contributed by atoms with Crippen LogP contribution < -0.4 is 16.0 Å². The summed E-state index contributed by atoms with van der Waals surface area (Å²) in [4.78, 5) is 30.5. The van der Waals surface area contributed by atoms with Gasteiger partial charge in [-0.3, -0.25) is 9.59 Å². The Hall–Kier alpha value is -1.62. The molecule has 1 aliphatic heterocycles. The van der Waals surface area contributed by atoms with Crippen LogP contribution >= 0.6 is 23.4 Å². The summed E-state index contributed by atoms with van der Waals surface area (Å²) in [6.07, 6.45) is 8.57. The molecule has 0 bridgehead atoms. The number of nitrogens with zero attached hydrogens (tertiary/aromatic N) is 1. The lowest BCUT2D eigenvalue weighted by Gasteiger charge is -2.28. The molecule has 3 rings (SSSR count). The smallest absolute Gasteiger partial charge is 0.248 e. The molecule has 0 radical (unpaired) electrons. The number of hydrogen-bond acceptors (Lipinski definition) is 7. The van der Waals surface area contributed by atoms with Gasteiger partial charge >= 0.3 is 0 Å². The highest BCUT2D eigenvalue weighted by Crippen LogP contribution is 2.34. The maximum Gasteiger partial charge on any atom is 0.248 e. The van der Waals surface area contributed by atoms with Crippen molar-refractivity contribution in [3.8, 4) is 0 Å². The lowest BCUT2D eigenvalue weighted by molar-refractivity contribution is -0.126. The van der Waals surface area contributed by atoms with E-state index in [1.165, 1.54) is 18.0 Å². The lowest BCUT2D eigenvalue weighted by Crippen LogP contribution is -2.52. The third-order valence-corrected chi connectivity index (χ3v) is 8.61. The second-order valence-corrected chi connectivity index (χ2v) is 11.7. The van der Waals surface area contributed by atoms with Gasteiger partial charge in [-0.25, -0.2) is 13.4 Å². The summed E-state index contributed by atoms with van der Waals surface area (Å²) in [5, 5.41) is 9.85. The molecule has 0 saturated heterocycles. The molecule has 3 unspecified atom stereocenters. The number of thioether (sulfide) groups is 1. The maximum absolute atomic E-state index is 13.1. The zero-order chi connectivity index (χ0) is 23.3. The molecule has 1 aliphatic carbocycles. The molecule has 32 heavy (non-hydrogen) atoms. The van der Waals surface area contributed by atoms with Gasteiger partial charge in [0.15, 0.2) is 9.84 Å². The van der Waals surface area contributed by atoms with Gasteiger partial charge in [-0.05, 0) is 36.9 Å². The van der Waals surface area contributed by atoms with E-state index in [9.17, 15) is 18.0 Å². The molecule has 1 aromatic heterocycles. The zero-order valence-corrected chi connectivity index (χ0v) is 20.5. The van der Waals surface area contributed by atoms with Gasteiger partial charge < -0.3 is 16.0 Å². The maximum atomic E-state index is 13.1. The summed E-state index contributed by atoms with van der Waals surface area (Å²) in [5.74, 6) is -0.0194. The minimum Gasteiger partial charge on any atom is -0.343 e. The van der Waals surface area contributed by atoms with Crippen LogP contribution in [0.25, 0.3) is 0 Å². The molecule has 176 valence electrons. The highest BCUT2D eigenvalue weighted by molar-refractivity contribution is 8.05. The summed E-state index contributed by atoms with van der Waals surface area (Å²) in [5.41, 5.74) is 0. The van der Waals surface area contributed by atoms with Crippen LogP contribution in [-0.2, 0) is 19.4 Å². The van der Waals surface area contributed by atoms with E-state index in [2.05, 4.69) is 20.9 Å². The molecule has 0 aromatic carbocycles. The molecule has 0 spiro atoms. The summed E-state index contributed by atoms with van der Waals surface area (Å²) in [6.45, 7) is 0. The Bertz CT molecular complexity index is 963. The van der Waals surface area contributed by atoms with Gasteiger partial charge in [0.1, 0.15) is 17.1 Å². The number of hydrogen-bond donors (Lipinski definition) is 3. The summed E-state index contributed by atoms with van der Waals surface area (Å²) in [6, 6.07) is 1.84. The first kappa shape index (κ1) is 25.0. The van der Waals surface area contributed by atoms with Crippen molar-refractivity contribution in [2.24, 2.45) is 5.92 Å². The van der Waals surface area contributed by atoms with Crippen LogP contribution in [0.1, 0.15) is 38.5 Å². The van der Waals surface area contributed by atoms with Gasteiger partial charge in [0.2, 0.25) is 11.8 Å². The Morgan fingerprint density at radius 3 is 2.56 bits per heavy atom. The first-order valence-corrected chi connectivity index (χ1v) is 13.9. The van der Waals surface area contributed by atoms with Crippen LogP contribution in [0.2, 0.25) is 5.02 Å². The number of pyridine rings is 1. The normalized spacial score (nSPS) is 22.8. The van der Waals surface area contributed by atoms with Crippen LogP contribution in [0.3, 0.4) is 0 Å². The van der Waals surface area contributed by atoms with Crippen LogP contribution in [0.5, 0.6) is 0 Å². The number of amides is 2. The molecule has 3 atom stereocenters. The van der Waals surface area contributed by atoms with Gasteiger partial charge in [-0.2, -0.15) is 0 Å². The highest BCUT2D eigenvalue weighted by atomic mass is 35.5. The van der Waals surface area contributed by atoms with E-state index in [0.717, 1.165) is 43.7 Å². The van der Waals surface area contributed by atoms with Crippen molar-refractivity contribution in [3.63, 3.8) is 0 Å². The lowest BCUT2D eigenvalue weighted by atomic mass is 9.84. The van der Waals surface area contributed by atoms with Crippen LogP contribution in [0.15, 0.2) is 28.6 Å². The minimum atomic E-state index is -3.44. The fraction of sp³-hybridized carbons (Fsp3) is 0.571. The molecule has 8 nitrogen and oxygen atoms in total. The number of sulfone groups is 1. The molecular weight excluding hydrogens is 472 g/mol. The van der Waals surface area contributed by atoms with Crippen molar-refractivity contribution in [3.05, 3.63) is 33.7 Å².